The summed E-state index contributed by atoms with van der Waals surface area (Å²) in [6.07, 6.45) is 0.129. The van der Waals surface area contributed by atoms with Gasteiger partial charge in [0.15, 0.2) is 0 Å². The van der Waals surface area contributed by atoms with Gasteiger partial charge in [0.25, 0.3) is 10.0 Å². The molecule has 0 aliphatic rings. The second-order valence-electron chi connectivity index (χ2n) is 4.20. The molecule has 0 fully saturated rings. The first-order chi connectivity index (χ1) is 8.42. The van der Waals surface area contributed by atoms with E-state index < -0.39 is 15.9 Å². The van der Waals surface area contributed by atoms with Crippen molar-refractivity contribution in [1.82, 2.24) is 10.0 Å². The number of carbonyl (C=O) groups is 1. The fourth-order valence-electron chi connectivity index (χ4n) is 1.33. The zero-order valence-corrected chi connectivity index (χ0v) is 11.3. The second-order valence-corrected chi connectivity index (χ2v) is 5.88. The van der Waals surface area contributed by atoms with Crippen molar-refractivity contribution in [2.45, 2.75) is 31.2 Å². The van der Waals surface area contributed by atoms with Crippen molar-refractivity contribution in [3.8, 4) is 0 Å². The summed E-state index contributed by atoms with van der Waals surface area (Å²) in [4.78, 5) is 11.6. The molecule has 1 amide bonds. The Hall–Kier alpha value is -1.40. The molecule has 0 saturated heterocycles. The van der Waals surface area contributed by atoms with Crippen molar-refractivity contribution in [2.24, 2.45) is 0 Å². The van der Waals surface area contributed by atoms with Gasteiger partial charge in [-0.05, 0) is 12.1 Å². The monoisotopic (exact) mass is 270 g/mol. The summed E-state index contributed by atoms with van der Waals surface area (Å²) in [5.41, 5.74) is 0. The Labute approximate surface area is 108 Å². The molecule has 1 rings (SSSR count). The Morgan fingerprint density at radius 3 is 2.39 bits per heavy atom. The molecule has 0 aromatic heterocycles. The Balaban J connectivity index is 2.54. The quantitative estimate of drug-likeness (QED) is 0.804. The van der Waals surface area contributed by atoms with Crippen LogP contribution in [-0.4, -0.2) is 26.9 Å². The van der Waals surface area contributed by atoms with Gasteiger partial charge in [-0.15, -0.1) is 0 Å². The molecule has 0 saturated carbocycles. The Morgan fingerprint density at radius 1 is 1.22 bits per heavy atom. The van der Waals surface area contributed by atoms with Gasteiger partial charge in [-0.1, -0.05) is 32.0 Å². The van der Waals surface area contributed by atoms with E-state index >= 15 is 0 Å². The first-order valence-corrected chi connectivity index (χ1v) is 7.24. The van der Waals surface area contributed by atoms with E-state index in [1.54, 1.807) is 18.2 Å². The van der Waals surface area contributed by atoms with Crippen LogP contribution in [0.25, 0.3) is 0 Å². The van der Waals surface area contributed by atoms with Gasteiger partial charge < -0.3 is 5.32 Å². The summed E-state index contributed by atoms with van der Waals surface area (Å²) in [6.45, 7) is 4.37. The van der Waals surface area contributed by atoms with Crippen LogP contribution in [-0.2, 0) is 14.8 Å². The average molecular weight is 270 g/mol. The number of rotatable bonds is 6. The standard InChI is InChI=1S/C12H18N2O3S/c1-10(2)13-9-8-12(15)14-18(16,17)11-6-4-3-5-7-11/h3-7,10,13H,8-9H2,1-2H3,(H,14,15). The lowest BCUT2D eigenvalue weighted by Gasteiger charge is -2.09. The minimum absolute atomic E-state index is 0.0927. The predicted molar refractivity (Wildman–Crippen MR) is 69.5 cm³/mol. The lowest BCUT2D eigenvalue weighted by molar-refractivity contribution is -0.119. The van der Waals surface area contributed by atoms with E-state index in [1.807, 2.05) is 18.6 Å². The van der Waals surface area contributed by atoms with E-state index in [9.17, 15) is 13.2 Å². The zero-order chi connectivity index (χ0) is 13.6. The van der Waals surface area contributed by atoms with Crippen molar-refractivity contribution in [1.29, 1.82) is 0 Å². The van der Waals surface area contributed by atoms with Crippen LogP contribution in [0, 0.1) is 0 Å². The Morgan fingerprint density at radius 2 is 1.83 bits per heavy atom. The maximum atomic E-state index is 11.8. The largest absolute Gasteiger partial charge is 0.314 e. The van der Waals surface area contributed by atoms with Gasteiger partial charge in [-0.2, -0.15) is 0 Å². The highest BCUT2D eigenvalue weighted by molar-refractivity contribution is 7.90. The van der Waals surface area contributed by atoms with Gasteiger partial charge in [-0.3, -0.25) is 4.79 Å². The molecular weight excluding hydrogens is 252 g/mol. The maximum Gasteiger partial charge on any atom is 0.264 e. The van der Waals surface area contributed by atoms with Crippen LogP contribution in [0.4, 0.5) is 0 Å². The smallest absolute Gasteiger partial charge is 0.264 e. The van der Waals surface area contributed by atoms with Crippen molar-refractivity contribution >= 4 is 15.9 Å². The number of amides is 1. The summed E-state index contributed by atoms with van der Waals surface area (Å²) in [5.74, 6) is -0.507. The van der Waals surface area contributed by atoms with Gasteiger partial charge in [0.1, 0.15) is 0 Å². The highest BCUT2D eigenvalue weighted by Crippen LogP contribution is 2.06. The summed E-state index contributed by atoms with van der Waals surface area (Å²) in [7, 11) is -3.74. The minimum Gasteiger partial charge on any atom is -0.314 e. The molecule has 0 spiro atoms. The number of benzene rings is 1. The second kappa shape index (κ2) is 6.51. The Bertz CT molecular complexity index is 483. The highest BCUT2D eigenvalue weighted by Gasteiger charge is 2.16. The minimum atomic E-state index is -3.74. The number of sulfonamides is 1. The van der Waals surface area contributed by atoms with Crippen LogP contribution < -0.4 is 10.0 Å². The van der Waals surface area contributed by atoms with E-state index in [0.29, 0.717) is 6.54 Å². The molecule has 18 heavy (non-hydrogen) atoms. The van der Waals surface area contributed by atoms with Gasteiger partial charge in [0.2, 0.25) is 5.91 Å². The normalized spacial score (nSPS) is 11.5. The summed E-state index contributed by atoms with van der Waals surface area (Å²) < 4.78 is 25.6. The third-order valence-electron chi connectivity index (χ3n) is 2.21. The van der Waals surface area contributed by atoms with Crippen LogP contribution in [0.3, 0.4) is 0 Å². The topological polar surface area (TPSA) is 75.3 Å². The van der Waals surface area contributed by atoms with Crippen LogP contribution in [0.15, 0.2) is 35.2 Å². The molecule has 6 heteroatoms. The molecular formula is C12H18N2O3S. The van der Waals surface area contributed by atoms with E-state index in [-0.39, 0.29) is 17.4 Å². The molecule has 0 aliphatic heterocycles. The molecule has 0 heterocycles. The molecule has 0 unspecified atom stereocenters. The van der Waals surface area contributed by atoms with Gasteiger partial charge >= 0.3 is 0 Å². The molecule has 2 N–H and O–H groups in total. The molecule has 0 radical (unpaired) electrons. The van der Waals surface area contributed by atoms with Gasteiger partial charge in [-0.25, -0.2) is 13.1 Å². The van der Waals surface area contributed by atoms with E-state index in [4.69, 9.17) is 0 Å². The molecule has 1 aromatic carbocycles. The lowest BCUT2D eigenvalue weighted by Crippen LogP contribution is -2.34. The molecule has 0 aliphatic carbocycles. The van der Waals surface area contributed by atoms with Crippen molar-refractivity contribution in [3.63, 3.8) is 0 Å². The van der Waals surface area contributed by atoms with Crippen molar-refractivity contribution < 1.29 is 13.2 Å². The van der Waals surface area contributed by atoms with Gasteiger partial charge in [0, 0.05) is 19.0 Å². The van der Waals surface area contributed by atoms with Gasteiger partial charge in [0.05, 0.1) is 4.90 Å². The van der Waals surface area contributed by atoms with Crippen LogP contribution in [0.2, 0.25) is 0 Å². The lowest BCUT2D eigenvalue weighted by atomic mass is 10.3. The SMILES string of the molecule is CC(C)NCCC(=O)NS(=O)(=O)c1ccccc1. The van der Waals surface area contributed by atoms with Crippen LogP contribution in [0.5, 0.6) is 0 Å². The zero-order valence-electron chi connectivity index (χ0n) is 10.5. The first kappa shape index (κ1) is 14.7. The molecule has 0 atom stereocenters. The van der Waals surface area contributed by atoms with E-state index in [2.05, 4.69) is 5.32 Å². The number of nitrogens with one attached hydrogen (secondary N) is 2. The fourth-order valence-corrected chi connectivity index (χ4v) is 2.37. The molecule has 100 valence electrons. The maximum absolute atomic E-state index is 11.8. The third-order valence-corrected chi connectivity index (χ3v) is 3.60. The number of hydrogen-bond acceptors (Lipinski definition) is 4. The van der Waals surface area contributed by atoms with Crippen LogP contribution >= 0.6 is 0 Å². The van der Waals surface area contributed by atoms with Crippen molar-refractivity contribution in [3.05, 3.63) is 30.3 Å². The summed E-state index contributed by atoms with van der Waals surface area (Å²) in [6, 6.07) is 8.10. The van der Waals surface area contributed by atoms with Crippen LogP contribution in [0.1, 0.15) is 20.3 Å². The summed E-state index contributed by atoms with van der Waals surface area (Å²) >= 11 is 0. The number of carbonyl (C=O) groups excluding carboxylic acids is 1. The molecule has 0 bridgehead atoms. The highest BCUT2D eigenvalue weighted by atomic mass is 32.2. The van der Waals surface area contributed by atoms with Crippen molar-refractivity contribution in [2.75, 3.05) is 6.54 Å². The first-order valence-electron chi connectivity index (χ1n) is 5.76. The van der Waals surface area contributed by atoms with E-state index in [0.717, 1.165) is 0 Å². The Kier molecular flexibility index (Phi) is 5.30. The number of hydrogen-bond donors (Lipinski definition) is 2. The summed E-state index contributed by atoms with van der Waals surface area (Å²) in [5, 5.41) is 3.05. The predicted octanol–water partition coefficient (Wildman–Crippen LogP) is 0.880. The average Bonchev–Trinajstić information content (AvgIpc) is 2.29. The van der Waals surface area contributed by atoms with E-state index in [1.165, 1.54) is 12.1 Å². The third kappa shape index (κ3) is 4.85. The fraction of sp³-hybridized carbons (Fsp3) is 0.417. The molecule has 1 aromatic rings. The molecule has 5 nitrogen and oxygen atoms in total.